The Morgan fingerprint density at radius 3 is 2.53 bits per heavy atom. The Bertz CT molecular complexity index is 411. The number of benzene rings is 1. The lowest BCUT2D eigenvalue weighted by Gasteiger charge is -2.24. The number of rotatable bonds is 3. The molecule has 1 aliphatic rings. The van der Waals surface area contributed by atoms with Gasteiger partial charge in [-0.2, -0.15) is 0 Å². The van der Waals surface area contributed by atoms with Crippen molar-refractivity contribution in [1.29, 1.82) is 0 Å². The van der Waals surface area contributed by atoms with Crippen LogP contribution in [0.5, 0.6) is 0 Å². The first-order valence-corrected chi connectivity index (χ1v) is 5.68. The average Bonchev–Trinajstić information content (AvgIpc) is 2.35. The molecule has 4 heteroatoms. The molecule has 2 nitrogen and oxygen atoms in total. The predicted octanol–water partition coefficient (Wildman–Crippen LogP) is 2.92. The van der Waals surface area contributed by atoms with Crippen molar-refractivity contribution in [2.75, 3.05) is 13.7 Å². The fourth-order valence-electron chi connectivity index (χ4n) is 1.99. The molecular formula is C13H15F2NO. The highest BCUT2D eigenvalue weighted by Gasteiger charge is 2.24. The number of allylic oxidation sites excluding steroid dienone is 1. The van der Waals surface area contributed by atoms with Crippen LogP contribution in [0, 0.1) is 11.6 Å². The third-order valence-electron chi connectivity index (χ3n) is 2.82. The lowest BCUT2D eigenvalue weighted by molar-refractivity contribution is 0.167. The fourth-order valence-corrected chi connectivity index (χ4v) is 1.99. The van der Waals surface area contributed by atoms with Crippen molar-refractivity contribution in [3.8, 4) is 0 Å². The van der Waals surface area contributed by atoms with Gasteiger partial charge in [0.2, 0.25) is 0 Å². The van der Waals surface area contributed by atoms with Gasteiger partial charge in [0.15, 0.2) is 0 Å². The highest BCUT2D eigenvalue weighted by Crippen LogP contribution is 2.29. The lowest BCUT2D eigenvalue weighted by Crippen LogP contribution is -2.24. The van der Waals surface area contributed by atoms with Crippen molar-refractivity contribution in [1.82, 2.24) is 5.32 Å². The van der Waals surface area contributed by atoms with Gasteiger partial charge in [-0.3, -0.25) is 0 Å². The van der Waals surface area contributed by atoms with Crippen LogP contribution in [0.3, 0.4) is 0 Å². The van der Waals surface area contributed by atoms with E-state index in [4.69, 9.17) is 4.74 Å². The molecule has 0 bridgehead atoms. The topological polar surface area (TPSA) is 21.3 Å². The summed E-state index contributed by atoms with van der Waals surface area (Å²) >= 11 is 0. The molecule has 0 radical (unpaired) electrons. The van der Waals surface area contributed by atoms with Gasteiger partial charge in [0.1, 0.15) is 17.4 Å². The molecule has 92 valence electrons. The molecule has 0 amide bonds. The third kappa shape index (κ3) is 2.47. The number of hydrogen-bond donors (Lipinski definition) is 1. The molecule has 17 heavy (non-hydrogen) atoms. The second-order valence-corrected chi connectivity index (χ2v) is 3.95. The Hall–Kier alpha value is -1.42. The third-order valence-corrected chi connectivity index (χ3v) is 2.82. The minimum atomic E-state index is -0.559. The van der Waals surface area contributed by atoms with Crippen LogP contribution in [-0.2, 0) is 4.74 Å². The highest BCUT2D eigenvalue weighted by molar-refractivity contribution is 5.29. The first-order chi connectivity index (χ1) is 8.24. The van der Waals surface area contributed by atoms with Crippen molar-refractivity contribution in [2.24, 2.45) is 0 Å². The Kier molecular flexibility index (Phi) is 3.74. The largest absolute Gasteiger partial charge is 0.496 e. The number of hydrogen-bond acceptors (Lipinski definition) is 2. The number of halogens is 2. The summed E-state index contributed by atoms with van der Waals surface area (Å²) < 4.78 is 32.8. The minimum Gasteiger partial charge on any atom is -0.496 e. The van der Waals surface area contributed by atoms with Crippen LogP contribution in [0.4, 0.5) is 8.78 Å². The molecule has 1 aromatic carbocycles. The van der Waals surface area contributed by atoms with Crippen molar-refractivity contribution in [2.45, 2.75) is 18.9 Å². The van der Waals surface area contributed by atoms with Crippen molar-refractivity contribution < 1.29 is 13.5 Å². The average molecular weight is 239 g/mol. The van der Waals surface area contributed by atoms with E-state index < -0.39 is 17.7 Å². The zero-order valence-electron chi connectivity index (χ0n) is 9.67. The first-order valence-electron chi connectivity index (χ1n) is 5.68. The van der Waals surface area contributed by atoms with Crippen molar-refractivity contribution in [3.05, 3.63) is 47.2 Å². The fraction of sp³-hybridized carbons (Fsp3) is 0.385. The van der Waals surface area contributed by atoms with Crippen LogP contribution in [0.25, 0.3) is 0 Å². The van der Waals surface area contributed by atoms with E-state index in [2.05, 4.69) is 5.32 Å². The van der Waals surface area contributed by atoms with Crippen molar-refractivity contribution in [3.63, 3.8) is 0 Å². The molecule has 1 aromatic rings. The molecule has 1 atom stereocenters. The molecule has 1 unspecified atom stereocenters. The summed E-state index contributed by atoms with van der Waals surface area (Å²) in [5, 5.41) is 2.90. The molecule has 0 aromatic heterocycles. The molecule has 0 fully saturated rings. The molecule has 0 aliphatic carbocycles. The van der Waals surface area contributed by atoms with E-state index in [1.807, 2.05) is 6.08 Å². The molecule has 0 saturated carbocycles. The SMILES string of the molecule is CNC(C1=CCCCO1)c1c(F)cccc1F. The highest BCUT2D eigenvalue weighted by atomic mass is 19.1. The van der Waals surface area contributed by atoms with Gasteiger partial charge < -0.3 is 10.1 Å². The van der Waals surface area contributed by atoms with Gasteiger partial charge in [0.05, 0.1) is 12.6 Å². The summed E-state index contributed by atoms with van der Waals surface area (Å²) in [4.78, 5) is 0. The molecular weight excluding hydrogens is 224 g/mol. The standard InChI is InChI=1S/C13H15F2NO/c1-16-13(11-7-2-3-8-17-11)12-9(14)5-4-6-10(12)15/h4-7,13,16H,2-3,8H2,1H3. The van der Waals surface area contributed by atoms with Crippen LogP contribution < -0.4 is 5.32 Å². The maximum absolute atomic E-state index is 13.7. The summed E-state index contributed by atoms with van der Waals surface area (Å²) in [5.74, 6) is -0.512. The monoisotopic (exact) mass is 239 g/mol. The van der Waals surface area contributed by atoms with E-state index >= 15 is 0 Å². The van der Waals surface area contributed by atoms with Gasteiger partial charge in [-0.15, -0.1) is 0 Å². The van der Waals surface area contributed by atoms with Gasteiger partial charge in [0.25, 0.3) is 0 Å². The molecule has 1 heterocycles. The van der Waals surface area contributed by atoms with Gasteiger partial charge in [-0.25, -0.2) is 8.78 Å². The maximum atomic E-state index is 13.7. The first kappa shape index (κ1) is 12.0. The summed E-state index contributed by atoms with van der Waals surface area (Å²) in [5.41, 5.74) is 0.0168. The smallest absolute Gasteiger partial charge is 0.131 e. The maximum Gasteiger partial charge on any atom is 0.131 e. The van der Waals surface area contributed by atoms with E-state index in [9.17, 15) is 8.78 Å². The molecule has 2 rings (SSSR count). The normalized spacial score (nSPS) is 17.2. The Morgan fingerprint density at radius 2 is 2.00 bits per heavy atom. The molecule has 1 N–H and O–H groups in total. The zero-order valence-corrected chi connectivity index (χ0v) is 9.67. The van der Waals surface area contributed by atoms with Crippen LogP contribution in [0.2, 0.25) is 0 Å². The lowest BCUT2D eigenvalue weighted by atomic mass is 10.0. The van der Waals surface area contributed by atoms with E-state index in [0.29, 0.717) is 12.4 Å². The Morgan fingerprint density at radius 1 is 1.29 bits per heavy atom. The van der Waals surface area contributed by atoms with Gasteiger partial charge in [-0.1, -0.05) is 6.07 Å². The number of likely N-dealkylation sites (N-methyl/N-ethyl adjacent to an activating group) is 1. The van der Waals surface area contributed by atoms with Crippen LogP contribution in [0.15, 0.2) is 30.0 Å². The van der Waals surface area contributed by atoms with E-state index in [0.717, 1.165) is 12.8 Å². The van der Waals surface area contributed by atoms with Crippen LogP contribution in [-0.4, -0.2) is 13.7 Å². The number of ether oxygens (including phenoxy) is 1. The Labute approximate surface area is 99.3 Å². The molecule has 0 saturated heterocycles. The number of nitrogens with one attached hydrogen (secondary N) is 1. The van der Waals surface area contributed by atoms with Crippen LogP contribution in [0.1, 0.15) is 24.4 Å². The van der Waals surface area contributed by atoms with E-state index in [1.54, 1.807) is 7.05 Å². The summed E-state index contributed by atoms with van der Waals surface area (Å²) in [6.45, 7) is 0.597. The summed E-state index contributed by atoms with van der Waals surface area (Å²) in [6.07, 6.45) is 3.71. The molecule has 0 spiro atoms. The van der Waals surface area contributed by atoms with Crippen molar-refractivity contribution >= 4 is 0 Å². The Balaban J connectivity index is 2.38. The second-order valence-electron chi connectivity index (χ2n) is 3.95. The predicted molar refractivity (Wildman–Crippen MR) is 61.4 cm³/mol. The quantitative estimate of drug-likeness (QED) is 0.875. The second kappa shape index (κ2) is 5.27. The van der Waals surface area contributed by atoms with E-state index in [1.165, 1.54) is 18.2 Å². The minimum absolute atomic E-state index is 0.0168. The summed E-state index contributed by atoms with van der Waals surface area (Å²) in [7, 11) is 1.66. The van der Waals surface area contributed by atoms with Gasteiger partial charge >= 0.3 is 0 Å². The zero-order chi connectivity index (χ0) is 12.3. The summed E-state index contributed by atoms with van der Waals surface area (Å²) in [6, 6.07) is 3.31. The van der Waals surface area contributed by atoms with Crippen LogP contribution >= 0.6 is 0 Å². The van der Waals surface area contributed by atoms with Gasteiger partial charge in [-0.05, 0) is 38.1 Å². The van der Waals surface area contributed by atoms with Gasteiger partial charge in [0, 0.05) is 5.56 Å². The molecule has 1 aliphatic heterocycles. The van der Waals surface area contributed by atoms with E-state index in [-0.39, 0.29) is 5.56 Å².